The predicted molar refractivity (Wildman–Crippen MR) is 94.0 cm³/mol. The van der Waals surface area contributed by atoms with E-state index in [1.165, 1.54) is 12.1 Å². The number of aromatic amines is 1. The Bertz CT molecular complexity index is 1060. The second-order valence-electron chi connectivity index (χ2n) is 6.34. The van der Waals surface area contributed by atoms with Crippen LogP contribution in [-0.2, 0) is 16.3 Å². The molecule has 1 unspecified atom stereocenters. The number of aromatic nitrogens is 1. The van der Waals surface area contributed by atoms with Gasteiger partial charge in [-0.05, 0) is 29.3 Å². The molecule has 1 aliphatic carbocycles. The van der Waals surface area contributed by atoms with E-state index in [1.807, 2.05) is 12.1 Å². The van der Waals surface area contributed by atoms with Crippen LogP contribution in [0.1, 0.15) is 17.0 Å². The molecule has 0 radical (unpaired) electrons. The molecule has 2 aromatic carbocycles. The maximum atomic E-state index is 12.8. The molecular formula is C18H16N2O4S. The molecule has 0 spiro atoms. The van der Waals surface area contributed by atoms with Gasteiger partial charge in [0.25, 0.3) is 0 Å². The lowest BCUT2D eigenvalue weighted by Gasteiger charge is -2.26. The number of nitro groups is 1. The average molecular weight is 356 g/mol. The monoisotopic (exact) mass is 356 g/mol. The van der Waals surface area contributed by atoms with Gasteiger partial charge in [-0.3, -0.25) is 10.1 Å². The summed E-state index contributed by atoms with van der Waals surface area (Å²) in [6, 6.07) is 12.7. The summed E-state index contributed by atoms with van der Waals surface area (Å²) in [5.74, 6) is -0.945. The summed E-state index contributed by atoms with van der Waals surface area (Å²) in [4.78, 5) is 14.6. The number of nitrogens with one attached hydrogen (secondary N) is 1. The van der Waals surface area contributed by atoms with Crippen LogP contribution in [0.2, 0.25) is 0 Å². The molecule has 128 valence electrons. The third-order valence-electron chi connectivity index (χ3n) is 4.88. The van der Waals surface area contributed by atoms with E-state index >= 15 is 0 Å². The Morgan fingerprint density at radius 3 is 2.60 bits per heavy atom. The fourth-order valence-corrected chi connectivity index (χ4v) is 5.35. The number of nitrogens with zero attached hydrogens (tertiary/aromatic N) is 1. The zero-order valence-electron chi connectivity index (χ0n) is 13.3. The highest BCUT2D eigenvalue weighted by Gasteiger charge is 2.41. The molecule has 1 aliphatic rings. The standard InChI is InChI=1S/C18H16N2O4S/c21-20(22)17-9-12-10-19-16-8-4-7-14(18(12)16)15(17)11-25(23,24)13-5-2-1-3-6-13/h1-8,10,15,17,19H,9,11H2/t15-,17?/m1/s1. The van der Waals surface area contributed by atoms with Crippen molar-refractivity contribution < 1.29 is 13.3 Å². The lowest BCUT2D eigenvalue weighted by atomic mass is 9.81. The summed E-state index contributed by atoms with van der Waals surface area (Å²) in [6.45, 7) is 0. The molecule has 2 atom stereocenters. The number of benzene rings is 2. The zero-order chi connectivity index (χ0) is 17.6. The van der Waals surface area contributed by atoms with Crippen molar-refractivity contribution in [3.63, 3.8) is 0 Å². The van der Waals surface area contributed by atoms with Gasteiger partial charge in [0.15, 0.2) is 9.84 Å². The lowest BCUT2D eigenvalue weighted by Crippen LogP contribution is -2.36. The van der Waals surface area contributed by atoms with Crippen molar-refractivity contribution in [1.82, 2.24) is 4.98 Å². The first-order valence-corrected chi connectivity index (χ1v) is 9.63. The molecule has 4 rings (SSSR count). The van der Waals surface area contributed by atoms with Crippen LogP contribution < -0.4 is 0 Å². The second-order valence-corrected chi connectivity index (χ2v) is 8.38. The molecular weight excluding hydrogens is 340 g/mol. The van der Waals surface area contributed by atoms with Crippen LogP contribution in [0.25, 0.3) is 10.9 Å². The number of hydrogen-bond acceptors (Lipinski definition) is 4. The normalized spacial score (nSPS) is 19.8. The van der Waals surface area contributed by atoms with Gasteiger partial charge in [-0.15, -0.1) is 0 Å². The van der Waals surface area contributed by atoms with E-state index in [-0.39, 0.29) is 22.0 Å². The van der Waals surface area contributed by atoms with Gasteiger partial charge < -0.3 is 4.98 Å². The van der Waals surface area contributed by atoms with E-state index < -0.39 is 21.8 Å². The van der Waals surface area contributed by atoms with Crippen LogP contribution in [0.3, 0.4) is 0 Å². The van der Waals surface area contributed by atoms with Gasteiger partial charge in [-0.1, -0.05) is 30.3 Å². The molecule has 1 heterocycles. The Morgan fingerprint density at radius 2 is 1.88 bits per heavy atom. The SMILES string of the molecule is O=[N+]([O-])C1Cc2c[nH]c3cccc(c23)[C@H]1CS(=O)(=O)c1ccccc1. The lowest BCUT2D eigenvalue weighted by molar-refractivity contribution is -0.525. The Morgan fingerprint density at radius 1 is 1.12 bits per heavy atom. The topological polar surface area (TPSA) is 93.1 Å². The summed E-state index contributed by atoms with van der Waals surface area (Å²) >= 11 is 0. The summed E-state index contributed by atoms with van der Waals surface area (Å²) in [7, 11) is -3.62. The third kappa shape index (κ3) is 2.60. The maximum Gasteiger partial charge on any atom is 0.225 e. The number of rotatable bonds is 4. The van der Waals surface area contributed by atoms with Crippen molar-refractivity contribution in [3.8, 4) is 0 Å². The highest BCUT2D eigenvalue weighted by molar-refractivity contribution is 7.91. The summed E-state index contributed by atoms with van der Waals surface area (Å²) in [6.07, 6.45) is 2.02. The number of H-pyrrole nitrogens is 1. The quantitative estimate of drug-likeness (QED) is 0.574. The molecule has 0 amide bonds. The maximum absolute atomic E-state index is 12.8. The van der Waals surface area contributed by atoms with Gasteiger partial charge in [0.2, 0.25) is 6.04 Å². The Kier molecular flexibility index (Phi) is 3.61. The van der Waals surface area contributed by atoms with E-state index in [0.29, 0.717) is 0 Å². The van der Waals surface area contributed by atoms with Crippen molar-refractivity contribution in [2.75, 3.05) is 5.75 Å². The minimum Gasteiger partial charge on any atom is -0.361 e. The molecule has 0 saturated carbocycles. The molecule has 3 aromatic rings. The molecule has 7 heteroatoms. The van der Waals surface area contributed by atoms with Gasteiger partial charge in [0, 0.05) is 28.4 Å². The van der Waals surface area contributed by atoms with Crippen LogP contribution in [0, 0.1) is 10.1 Å². The van der Waals surface area contributed by atoms with Crippen molar-refractivity contribution in [3.05, 3.63) is 76.0 Å². The van der Waals surface area contributed by atoms with Crippen LogP contribution in [0.4, 0.5) is 0 Å². The van der Waals surface area contributed by atoms with Gasteiger partial charge in [-0.25, -0.2) is 8.42 Å². The minimum atomic E-state index is -3.62. The minimum absolute atomic E-state index is 0.198. The van der Waals surface area contributed by atoms with Gasteiger partial charge in [-0.2, -0.15) is 0 Å². The smallest absolute Gasteiger partial charge is 0.225 e. The Hall–Kier alpha value is -2.67. The van der Waals surface area contributed by atoms with E-state index in [0.717, 1.165) is 22.0 Å². The summed E-state index contributed by atoms with van der Waals surface area (Å²) < 4.78 is 25.6. The van der Waals surface area contributed by atoms with Crippen molar-refractivity contribution in [2.24, 2.45) is 0 Å². The molecule has 6 nitrogen and oxygen atoms in total. The number of sulfone groups is 1. The Labute approximate surface area is 144 Å². The highest BCUT2D eigenvalue weighted by atomic mass is 32.2. The molecule has 0 fully saturated rings. The molecule has 0 aliphatic heterocycles. The average Bonchev–Trinajstić information content (AvgIpc) is 3.02. The van der Waals surface area contributed by atoms with Crippen molar-refractivity contribution in [2.45, 2.75) is 23.3 Å². The van der Waals surface area contributed by atoms with Gasteiger partial charge >= 0.3 is 0 Å². The van der Waals surface area contributed by atoms with E-state index in [9.17, 15) is 18.5 Å². The third-order valence-corrected chi connectivity index (χ3v) is 6.67. The first-order valence-electron chi connectivity index (χ1n) is 7.97. The fourth-order valence-electron chi connectivity index (χ4n) is 3.71. The molecule has 25 heavy (non-hydrogen) atoms. The molecule has 0 saturated heterocycles. The van der Waals surface area contributed by atoms with Crippen LogP contribution in [0.15, 0.2) is 59.6 Å². The van der Waals surface area contributed by atoms with E-state index in [4.69, 9.17) is 0 Å². The molecule has 1 aromatic heterocycles. The van der Waals surface area contributed by atoms with Crippen molar-refractivity contribution >= 4 is 20.7 Å². The Balaban J connectivity index is 1.83. The largest absolute Gasteiger partial charge is 0.361 e. The first kappa shape index (κ1) is 15.8. The van der Waals surface area contributed by atoms with E-state index in [1.54, 1.807) is 30.5 Å². The molecule has 1 N–H and O–H groups in total. The number of hydrogen-bond donors (Lipinski definition) is 1. The van der Waals surface area contributed by atoms with E-state index in [2.05, 4.69) is 4.98 Å². The predicted octanol–water partition coefficient (Wildman–Crippen LogP) is 2.93. The first-order chi connectivity index (χ1) is 12.0. The second kappa shape index (κ2) is 5.70. The van der Waals surface area contributed by atoms with Crippen LogP contribution in [-0.4, -0.2) is 30.1 Å². The highest BCUT2D eigenvalue weighted by Crippen LogP contribution is 2.39. The summed E-state index contributed by atoms with van der Waals surface area (Å²) in [5.41, 5.74) is 2.50. The van der Waals surface area contributed by atoms with Crippen LogP contribution >= 0.6 is 0 Å². The van der Waals surface area contributed by atoms with Gasteiger partial charge in [0.05, 0.1) is 16.6 Å². The van der Waals surface area contributed by atoms with Crippen LogP contribution in [0.5, 0.6) is 0 Å². The summed E-state index contributed by atoms with van der Waals surface area (Å²) in [5, 5.41) is 12.6. The van der Waals surface area contributed by atoms with Gasteiger partial charge in [0.1, 0.15) is 0 Å². The zero-order valence-corrected chi connectivity index (χ0v) is 14.1. The fraction of sp³-hybridized carbons (Fsp3) is 0.222. The molecule has 0 bridgehead atoms. The van der Waals surface area contributed by atoms with Crippen molar-refractivity contribution in [1.29, 1.82) is 0 Å².